The van der Waals surface area contributed by atoms with Gasteiger partial charge >= 0.3 is 0 Å². The Hall–Kier alpha value is -3.02. The first-order valence-electron chi connectivity index (χ1n) is 8.11. The summed E-state index contributed by atoms with van der Waals surface area (Å²) in [5.74, 6) is 0.958. The number of hydrogen-bond donors (Lipinski definition) is 2. The third-order valence-electron chi connectivity index (χ3n) is 3.77. The quantitative estimate of drug-likeness (QED) is 0.812. The van der Waals surface area contributed by atoms with Crippen molar-refractivity contribution in [1.29, 1.82) is 0 Å². The lowest BCUT2D eigenvalue weighted by Gasteiger charge is -2.09. The summed E-state index contributed by atoms with van der Waals surface area (Å²) in [5.41, 5.74) is 1.20. The molecule has 1 saturated carbocycles. The number of rotatable bonds is 7. The number of carbonyl (C=O) groups is 2. The summed E-state index contributed by atoms with van der Waals surface area (Å²) < 4.78 is 10.5. The van der Waals surface area contributed by atoms with Gasteiger partial charge < -0.3 is 20.1 Å². The molecule has 0 aromatic heterocycles. The molecule has 1 fully saturated rings. The molecule has 130 valence electrons. The minimum absolute atomic E-state index is 0.0804. The van der Waals surface area contributed by atoms with Crippen molar-refractivity contribution in [2.24, 2.45) is 0 Å². The van der Waals surface area contributed by atoms with E-state index in [-0.39, 0.29) is 18.4 Å². The van der Waals surface area contributed by atoms with Crippen LogP contribution in [0.15, 0.2) is 48.5 Å². The molecular weight excluding hydrogens is 320 g/mol. The number of benzene rings is 2. The molecule has 0 heterocycles. The Morgan fingerprint density at radius 2 is 1.64 bits per heavy atom. The van der Waals surface area contributed by atoms with Gasteiger partial charge in [-0.2, -0.15) is 0 Å². The summed E-state index contributed by atoms with van der Waals surface area (Å²) in [4.78, 5) is 23.8. The molecule has 0 saturated heterocycles. The molecule has 1 aliphatic rings. The van der Waals surface area contributed by atoms with E-state index in [4.69, 9.17) is 9.47 Å². The van der Waals surface area contributed by atoms with Gasteiger partial charge in [-0.05, 0) is 61.4 Å². The minimum atomic E-state index is -0.272. The number of anilines is 1. The molecule has 0 aliphatic heterocycles. The smallest absolute Gasteiger partial charge is 0.262 e. The topological polar surface area (TPSA) is 76.7 Å². The summed E-state index contributed by atoms with van der Waals surface area (Å²) in [6.07, 6.45) is 2.10. The van der Waals surface area contributed by atoms with Crippen LogP contribution in [-0.2, 0) is 4.79 Å². The van der Waals surface area contributed by atoms with Crippen molar-refractivity contribution in [3.8, 4) is 11.5 Å². The average Bonchev–Trinajstić information content (AvgIpc) is 3.45. The molecule has 25 heavy (non-hydrogen) atoms. The first-order chi connectivity index (χ1) is 12.1. The molecule has 2 aromatic rings. The second-order valence-electron chi connectivity index (χ2n) is 5.84. The summed E-state index contributed by atoms with van der Waals surface area (Å²) in [5, 5.41) is 5.66. The van der Waals surface area contributed by atoms with Crippen molar-refractivity contribution in [2.45, 2.75) is 18.9 Å². The van der Waals surface area contributed by atoms with E-state index >= 15 is 0 Å². The molecule has 2 aromatic carbocycles. The maximum absolute atomic E-state index is 11.9. The number of hydrogen-bond acceptors (Lipinski definition) is 4. The third kappa shape index (κ3) is 4.97. The van der Waals surface area contributed by atoms with Gasteiger partial charge in [0.15, 0.2) is 6.61 Å². The zero-order valence-corrected chi connectivity index (χ0v) is 14.0. The molecule has 0 radical (unpaired) electrons. The van der Waals surface area contributed by atoms with Crippen molar-refractivity contribution in [3.05, 3.63) is 54.1 Å². The molecule has 0 spiro atoms. The van der Waals surface area contributed by atoms with Crippen molar-refractivity contribution >= 4 is 17.5 Å². The van der Waals surface area contributed by atoms with E-state index in [9.17, 15) is 9.59 Å². The lowest BCUT2D eigenvalue weighted by atomic mass is 10.2. The second kappa shape index (κ2) is 7.70. The monoisotopic (exact) mass is 340 g/mol. The highest BCUT2D eigenvalue weighted by Crippen LogP contribution is 2.20. The number of nitrogens with one attached hydrogen (secondary N) is 2. The number of amides is 2. The molecule has 2 N–H and O–H groups in total. The van der Waals surface area contributed by atoms with Gasteiger partial charge in [-0.3, -0.25) is 9.59 Å². The fourth-order valence-corrected chi connectivity index (χ4v) is 2.22. The third-order valence-corrected chi connectivity index (χ3v) is 3.77. The lowest BCUT2D eigenvalue weighted by Crippen LogP contribution is -2.25. The Bertz CT molecular complexity index is 737. The molecule has 2 amide bonds. The van der Waals surface area contributed by atoms with Crippen LogP contribution in [-0.4, -0.2) is 31.6 Å². The highest BCUT2D eigenvalue weighted by atomic mass is 16.5. The Morgan fingerprint density at radius 1 is 1.00 bits per heavy atom. The highest BCUT2D eigenvalue weighted by Gasteiger charge is 2.23. The number of ether oxygens (including phenoxy) is 2. The van der Waals surface area contributed by atoms with Gasteiger partial charge in [0.1, 0.15) is 11.5 Å². The zero-order valence-electron chi connectivity index (χ0n) is 14.0. The van der Waals surface area contributed by atoms with Gasteiger partial charge in [-0.25, -0.2) is 0 Å². The number of methoxy groups -OCH3 is 1. The van der Waals surface area contributed by atoms with Gasteiger partial charge in [0.05, 0.1) is 7.11 Å². The number of carbonyl (C=O) groups excluding carboxylic acids is 2. The van der Waals surface area contributed by atoms with Crippen LogP contribution < -0.4 is 20.1 Å². The fraction of sp³-hybridized carbons (Fsp3) is 0.263. The molecule has 0 atom stereocenters. The van der Waals surface area contributed by atoms with E-state index in [0.717, 1.165) is 18.6 Å². The zero-order chi connectivity index (χ0) is 17.6. The Morgan fingerprint density at radius 3 is 2.24 bits per heavy atom. The van der Waals surface area contributed by atoms with Crippen molar-refractivity contribution in [2.75, 3.05) is 19.0 Å². The van der Waals surface area contributed by atoms with Gasteiger partial charge in [-0.1, -0.05) is 0 Å². The van der Waals surface area contributed by atoms with E-state index in [2.05, 4.69) is 10.6 Å². The van der Waals surface area contributed by atoms with Crippen LogP contribution in [0.4, 0.5) is 5.69 Å². The van der Waals surface area contributed by atoms with E-state index in [0.29, 0.717) is 23.0 Å². The first kappa shape index (κ1) is 16.8. The maximum Gasteiger partial charge on any atom is 0.262 e. The Balaban J connectivity index is 1.47. The second-order valence-corrected chi connectivity index (χ2v) is 5.84. The van der Waals surface area contributed by atoms with Gasteiger partial charge in [0.2, 0.25) is 0 Å². The minimum Gasteiger partial charge on any atom is -0.497 e. The SMILES string of the molecule is COc1ccc(OCC(=O)Nc2ccc(C(=O)NC3CC3)cc2)cc1. The summed E-state index contributed by atoms with van der Waals surface area (Å²) in [6, 6.07) is 14.1. The van der Waals surface area contributed by atoms with Crippen LogP contribution in [0.2, 0.25) is 0 Å². The average molecular weight is 340 g/mol. The normalized spacial score (nSPS) is 13.0. The van der Waals surface area contributed by atoms with Crippen LogP contribution in [0.5, 0.6) is 11.5 Å². The molecule has 6 heteroatoms. The maximum atomic E-state index is 11.9. The molecule has 1 aliphatic carbocycles. The molecule has 6 nitrogen and oxygen atoms in total. The van der Waals surface area contributed by atoms with Crippen molar-refractivity contribution < 1.29 is 19.1 Å². The summed E-state index contributed by atoms with van der Waals surface area (Å²) in [6.45, 7) is -0.101. The standard InChI is InChI=1S/C19H20N2O4/c1-24-16-8-10-17(11-9-16)25-12-18(22)20-14-4-2-13(3-5-14)19(23)21-15-6-7-15/h2-5,8-11,15H,6-7,12H2,1H3,(H,20,22)(H,21,23). The molecule has 0 unspecified atom stereocenters. The lowest BCUT2D eigenvalue weighted by molar-refractivity contribution is -0.118. The van der Waals surface area contributed by atoms with E-state index in [1.807, 2.05) is 0 Å². The van der Waals surface area contributed by atoms with Crippen molar-refractivity contribution in [3.63, 3.8) is 0 Å². The summed E-state index contributed by atoms with van der Waals surface area (Å²) >= 11 is 0. The summed E-state index contributed by atoms with van der Waals surface area (Å²) in [7, 11) is 1.59. The van der Waals surface area contributed by atoms with Gasteiger partial charge in [-0.15, -0.1) is 0 Å². The fourth-order valence-electron chi connectivity index (χ4n) is 2.22. The Kier molecular flexibility index (Phi) is 5.18. The van der Waals surface area contributed by atoms with E-state index < -0.39 is 0 Å². The van der Waals surface area contributed by atoms with Crippen LogP contribution in [0.1, 0.15) is 23.2 Å². The first-order valence-corrected chi connectivity index (χ1v) is 8.11. The van der Waals surface area contributed by atoms with Gasteiger partial charge in [0.25, 0.3) is 11.8 Å². The Labute approximate surface area is 146 Å². The van der Waals surface area contributed by atoms with Crippen molar-refractivity contribution in [1.82, 2.24) is 5.32 Å². The molecule has 3 rings (SSSR count). The molecular formula is C19H20N2O4. The largest absolute Gasteiger partial charge is 0.497 e. The van der Waals surface area contributed by atoms with E-state index in [1.165, 1.54) is 0 Å². The van der Waals surface area contributed by atoms with Crippen LogP contribution in [0.3, 0.4) is 0 Å². The van der Waals surface area contributed by atoms with Crippen LogP contribution in [0.25, 0.3) is 0 Å². The predicted molar refractivity (Wildman–Crippen MR) is 94.0 cm³/mol. The molecule has 0 bridgehead atoms. The predicted octanol–water partition coefficient (Wildman–Crippen LogP) is 2.60. The van der Waals surface area contributed by atoms with Crippen LogP contribution >= 0.6 is 0 Å². The van der Waals surface area contributed by atoms with E-state index in [1.54, 1.807) is 55.6 Å². The highest BCUT2D eigenvalue weighted by molar-refractivity contribution is 5.96. The van der Waals surface area contributed by atoms with Crippen LogP contribution in [0, 0.1) is 0 Å². The van der Waals surface area contributed by atoms with Gasteiger partial charge in [0, 0.05) is 17.3 Å².